The van der Waals surface area contributed by atoms with Crippen LogP contribution in [0.15, 0.2) is 29.6 Å². The number of aromatic nitrogens is 1. The van der Waals surface area contributed by atoms with Crippen LogP contribution in [-0.4, -0.2) is 29.5 Å². The summed E-state index contributed by atoms with van der Waals surface area (Å²) in [6, 6.07) is 6.78. The number of hydrogen-bond donors (Lipinski definition) is 1. The van der Waals surface area contributed by atoms with Crippen molar-refractivity contribution in [3.05, 3.63) is 45.9 Å². The number of benzene rings is 1. The molecular formula is C19H22N2O4S. The first-order valence-corrected chi connectivity index (χ1v) is 9.49. The summed E-state index contributed by atoms with van der Waals surface area (Å²) in [7, 11) is 0. The summed E-state index contributed by atoms with van der Waals surface area (Å²) in [5.41, 5.74) is 1.26. The van der Waals surface area contributed by atoms with E-state index in [4.69, 9.17) is 9.47 Å². The third kappa shape index (κ3) is 5.29. The van der Waals surface area contributed by atoms with Crippen LogP contribution in [0, 0.1) is 12.8 Å². The maximum absolute atomic E-state index is 12.0. The van der Waals surface area contributed by atoms with Crippen LogP contribution in [0.2, 0.25) is 0 Å². The second-order valence-electron chi connectivity index (χ2n) is 6.44. The maximum Gasteiger partial charge on any atom is 0.338 e. The Labute approximate surface area is 156 Å². The van der Waals surface area contributed by atoms with Crippen molar-refractivity contribution in [2.75, 3.05) is 6.61 Å². The van der Waals surface area contributed by atoms with Gasteiger partial charge in [0.1, 0.15) is 12.4 Å². The third-order valence-electron chi connectivity index (χ3n) is 4.20. The molecule has 1 saturated carbocycles. The predicted octanol–water partition coefficient (Wildman–Crippen LogP) is 3.10. The number of aryl methyl sites for hydroxylation is 1. The minimum Gasteiger partial charge on any atom is -0.487 e. The summed E-state index contributed by atoms with van der Waals surface area (Å²) in [4.78, 5) is 28.1. The van der Waals surface area contributed by atoms with Crippen molar-refractivity contribution in [2.45, 2.75) is 39.3 Å². The normalized spacial score (nSPS) is 14.5. The van der Waals surface area contributed by atoms with Crippen molar-refractivity contribution >= 4 is 23.2 Å². The lowest BCUT2D eigenvalue weighted by molar-refractivity contribution is -0.124. The molecule has 1 fully saturated rings. The molecule has 2 aromatic rings. The Morgan fingerprint density at radius 3 is 2.65 bits per heavy atom. The van der Waals surface area contributed by atoms with Gasteiger partial charge in [-0.15, -0.1) is 11.3 Å². The van der Waals surface area contributed by atoms with Gasteiger partial charge < -0.3 is 14.8 Å². The van der Waals surface area contributed by atoms with Crippen LogP contribution < -0.4 is 10.1 Å². The predicted molar refractivity (Wildman–Crippen MR) is 98.2 cm³/mol. The largest absolute Gasteiger partial charge is 0.487 e. The first-order chi connectivity index (χ1) is 12.5. The van der Waals surface area contributed by atoms with Gasteiger partial charge >= 0.3 is 5.97 Å². The van der Waals surface area contributed by atoms with Crippen molar-refractivity contribution in [3.63, 3.8) is 0 Å². The molecule has 0 spiro atoms. The van der Waals surface area contributed by atoms with E-state index in [0.29, 0.717) is 23.8 Å². The molecule has 1 aromatic carbocycles. The fourth-order valence-corrected chi connectivity index (χ4v) is 3.14. The van der Waals surface area contributed by atoms with Gasteiger partial charge in [-0.25, -0.2) is 9.78 Å². The van der Waals surface area contributed by atoms with E-state index >= 15 is 0 Å². The average molecular weight is 374 g/mol. The molecule has 3 rings (SSSR count). The highest BCUT2D eigenvalue weighted by atomic mass is 32.1. The summed E-state index contributed by atoms with van der Waals surface area (Å²) < 4.78 is 10.7. The molecule has 0 radical (unpaired) electrons. The minimum atomic E-state index is -0.527. The van der Waals surface area contributed by atoms with Crippen molar-refractivity contribution in [2.24, 2.45) is 5.92 Å². The zero-order valence-corrected chi connectivity index (χ0v) is 15.7. The number of nitrogens with one attached hydrogen (secondary N) is 1. The van der Waals surface area contributed by atoms with Gasteiger partial charge in [0.25, 0.3) is 5.91 Å². The van der Waals surface area contributed by atoms with E-state index in [1.54, 1.807) is 35.6 Å². The fraction of sp³-hybridized carbons (Fsp3) is 0.421. The lowest BCUT2D eigenvalue weighted by Gasteiger charge is -2.12. The van der Waals surface area contributed by atoms with Crippen molar-refractivity contribution in [1.82, 2.24) is 10.3 Å². The Hall–Kier alpha value is -2.41. The van der Waals surface area contributed by atoms with E-state index in [1.165, 1.54) is 0 Å². The van der Waals surface area contributed by atoms with Gasteiger partial charge in [-0.3, -0.25) is 4.79 Å². The molecule has 1 aliphatic carbocycles. The van der Waals surface area contributed by atoms with Gasteiger partial charge in [0.05, 0.1) is 16.3 Å². The Morgan fingerprint density at radius 2 is 2.04 bits per heavy atom. The third-order valence-corrected chi connectivity index (χ3v) is 5.02. The van der Waals surface area contributed by atoms with Crippen LogP contribution in [-0.2, 0) is 16.1 Å². The minimum absolute atomic E-state index is 0.138. The Balaban J connectivity index is 1.43. The molecule has 138 valence electrons. The number of rotatable bonds is 8. The molecule has 7 heteroatoms. The Morgan fingerprint density at radius 1 is 1.31 bits per heavy atom. The second kappa shape index (κ2) is 8.31. The number of ether oxygens (including phenoxy) is 2. The van der Waals surface area contributed by atoms with Crippen molar-refractivity contribution in [3.8, 4) is 5.75 Å². The number of esters is 1. The Kier molecular flexibility index (Phi) is 5.88. The molecule has 0 bridgehead atoms. The van der Waals surface area contributed by atoms with Gasteiger partial charge in [-0.05, 0) is 56.9 Å². The van der Waals surface area contributed by atoms with E-state index in [1.807, 2.05) is 19.2 Å². The number of thiazole rings is 1. The molecule has 0 aliphatic heterocycles. The molecule has 1 heterocycles. The van der Waals surface area contributed by atoms with Crippen LogP contribution in [0.25, 0.3) is 0 Å². The second-order valence-corrected chi connectivity index (χ2v) is 7.50. The molecule has 1 aliphatic rings. The van der Waals surface area contributed by atoms with Gasteiger partial charge in [0.15, 0.2) is 6.61 Å². The van der Waals surface area contributed by atoms with Gasteiger partial charge in [-0.1, -0.05) is 0 Å². The number of carbonyl (C=O) groups excluding carboxylic acids is 2. The highest BCUT2D eigenvalue weighted by Crippen LogP contribution is 2.32. The number of nitrogens with zero attached hydrogens (tertiary/aromatic N) is 1. The summed E-state index contributed by atoms with van der Waals surface area (Å²) in [6.07, 6.45) is 2.30. The molecule has 1 atom stereocenters. The van der Waals surface area contributed by atoms with Crippen LogP contribution >= 0.6 is 11.3 Å². The van der Waals surface area contributed by atoms with Gasteiger partial charge in [-0.2, -0.15) is 0 Å². The first kappa shape index (κ1) is 18.4. The molecule has 0 saturated heterocycles. The van der Waals surface area contributed by atoms with E-state index in [0.717, 1.165) is 23.5 Å². The van der Waals surface area contributed by atoms with E-state index in [-0.39, 0.29) is 18.6 Å². The number of hydrogen-bond acceptors (Lipinski definition) is 6. The number of amides is 1. The monoisotopic (exact) mass is 374 g/mol. The zero-order chi connectivity index (χ0) is 18.5. The van der Waals surface area contributed by atoms with Crippen LogP contribution in [0.4, 0.5) is 0 Å². The highest BCUT2D eigenvalue weighted by Gasteiger charge is 2.29. The average Bonchev–Trinajstić information content (AvgIpc) is 3.41. The lowest BCUT2D eigenvalue weighted by Crippen LogP contribution is -2.37. The summed E-state index contributed by atoms with van der Waals surface area (Å²) in [6.45, 7) is 4.04. The van der Waals surface area contributed by atoms with E-state index in [9.17, 15) is 9.59 Å². The van der Waals surface area contributed by atoms with Crippen molar-refractivity contribution < 1.29 is 19.1 Å². The number of carbonyl (C=O) groups is 2. The van der Waals surface area contributed by atoms with Gasteiger partial charge in [0, 0.05) is 11.4 Å². The quantitative estimate of drug-likeness (QED) is 0.719. The summed E-state index contributed by atoms with van der Waals surface area (Å²) in [5.74, 6) is 0.413. The molecular weight excluding hydrogens is 352 g/mol. The Bertz CT molecular complexity index is 768. The maximum atomic E-state index is 12.0. The lowest BCUT2D eigenvalue weighted by atomic mass is 10.2. The van der Waals surface area contributed by atoms with E-state index < -0.39 is 5.97 Å². The fourth-order valence-electron chi connectivity index (χ4n) is 2.54. The molecule has 1 aromatic heterocycles. The molecule has 1 amide bonds. The van der Waals surface area contributed by atoms with Crippen LogP contribution in [0.1, 0.15) is 40.8 Å². The highest BCUT2D eigenvalue weighted by molar-refractivity contribution is 7.09. The SMILES string of the molecule is Cc1nc(COc2ccc(C(=O)OCC(=O)N[C@@H](C)C3CC3)cc2)cs1. The molecule has 26 heavy (non-hydrogen) atoms. The summed E-state index contributed by atoms with van der Waals surface area (Å²) >= 11 is 1.58. The topological polar surface area (TPSA) is 77.5 Å². The van der Waals surface area contributed by atoms with Gasteiger partial charge in [0.2, 0.25) is 0 Å². The molecule has 6 nitrogen and oxygen atoms in total. The van der Waals surface area contributed by atoms with Crippen molar-refractivity contribution in [1.29, 1.82) is 0 Å². The van der Waals surface area contributed by atoms with Crippen LogP contribution in [0.5, 0.6) is 5.75 Å². The van der Waals surface area contributed by atoms with E-state index in [2.05, 4.69) is 10.3 Å². The summed E-state index contributed by atoms with van der Waals surface area (Å²) in [5, 5.41) is 5.80. The first-order valence-electron chi connectivity index (χ1n) is 8.61. The standard InChI is InChI=1S/C19H22N2O4S/c1-12(14-3-4-14)20-18(22)10-25-19(23)15-5-7-17(8-6-15)24-9-16-11-26-13(2)21-16/h5-8,11-12,14H,3-4,9-10H2,1-2H3,(H,20,22)/t12-/m0/s1. The zero-order valence-electron chi connectivity index (χ0n) is 14.9. The smallest absolute Gasteiger partial charge is 0.338 e. The molecule has 0 unspecified atom stereocenters. The molecule has 1 N–H and O–H groups in total. The van der Waals surface area contributed by atoms with Crippen LogP contribution in [0.3, 0.4) is 0 Å².